The van der Waals surface area contributed by atoms with E-state index in [9.17, 15) is 13.9 Å². The topological polar surface area (TPSA) is 63.7 Å². The molecule has 0 rings (SSSR count). The molecule has 0 heterocycles. The molecule has 0 bridgehead atoms. The zero-order valence-corrected chi connectivity index (χ0v) is 18.4. The summed E-state index contributed by atoms with van der Waals surface area (Å²) in [5, 5.41) is 0. The third-order valence-corrected chi connectivity index (χ3v) is 8.64. The van der Waals surface area contributed by atoms with Crippen molar-refractivity contribution in [3.05, 3.63) is 0 Å². The molecule has 0 aliphatic carbocycles. The van der Waals surface area contributed by atoms with Crippen molar-refractivity contribution in [2.45, 2.75) is 71.1 Å². The molecule has 0 saturated heterocycles. The minimum atomic E-state index is -3.92. The average Bonchev–Trinajstić information content (AvgIpc) is 2.41. The van der Waals surface area contributed by atoms with Gasteiger partial charge in [-0.2, -0.15) is 0 Å². The number of halogens is 3. The second-order valence-electron chi connectivity index (χ2n) is 5.96. The molecule has 0 radical (unpaired) electrons. The van der Waals surface area contributed by atoms with Gasteiger partial charge in [-0.15, -0.1) is 0 Å². The maximum Gasteiger partial charge on any atom is 0.387 e. The summed E-state index contributed by atoms with van der Waals surface area (Å²) >= 11 is 16.2. The summed E-state index contributed by atoms with van der Waals surface area (Å²) in [6.45, 7) is -1.64. The van der Waals surface area contributed by atoms with Gasteiger partial charge in [0.2, 0.25) is 0 Å². The Balaban J connectivity index is 3.58. The number of hydrogen-bond donors (Lipinski definition) is 0. The average molecular weight is 443 g/mol. The predicted molar refractivity (Wildman–Crippen MR) is 103 cm³/mol. The number of ketones is 1. The number of carbonyl (C=O) groups is 1. The highest BCUT2D eigenvalue weighted by molar-refractivity contribution is 8.09. The van der Waals surface area contributed by atoms with E-state index in [0.717, 1.165) is 38.5 Å². The summed E-state index contributed by atoms with van der Waals surface area (Å²) in [5.41, 5.74) is 0. The van der Waals surface area contributed by atoms with Gasteiger partial charge in [-0.05, 0) is 60.5 Å². The van der Waals surface area contributed by atoms with E-state index in [0.29, 0.717) is 13.0 Å². The zero-order valence-electron chi connectivity index (χ0n) is 14.4. The van der Waals surface area contributed by atoms with Gasteiger partial charge in [0, 0.05) is 13.0 Å². The van der Waals surface area contributed by atoms with Crippen LogP contribution in [0.2, 0.25) is 0 Å². The molecule has 0 amide bonds. The molecule has 1 atom stereocenters. The van der Waals surface area contributed by atoms with Crippen LogP contribution in [-0.4, -0.2) is 24.0 Å². The Morgan fingerprint density at radius 2 is 1.29 bits per heavy atom. The van der Waals surface area contributed by atoms with Crippen molar-refractivity contribution in [2.24, 2.45) is 0 Å². The first-order chi connectivity index (χ1) is 11.0. The number of rotatable bonds is 15. The largest absolute Gasteiger partial charge is 0.387 e. The van der Waals surface area contributed by atoms with E-state index in [4.69, 9.17) is 33.7 Å². The summed E-state index contributed by atoms with van der Waals surface area (Å²) in [6, 6.07) is 0. The van der Waals surface area contributed by atoms with Gasteiger partial charge in [0.1, 0.15) is 5.78 Å². The summed E-state index contributed by atoms with van der Waals surface area (Å²) in [5.74, 6) is 0.270. The molecular weight excluding hydrogens is 414 g/mol. The summed E-state index contributed by atoms with van der Waals surface area (Å²) in [7, 11) is 1.53. The quantitative estimate of drug-likeness (QED) is 0.196. The van der Waals surface area contributed by atoms with Crippen LogP contribution in [0.15, 0.2) is 0 Å². The third-order valence-electron chi connectivity index (χ3n) is 3.61. The Morgan fingerprint density at radius 1 is 0.875 bits per heavy atom. The molecule has 0 spiro atoms. The fourth-order valence-corrected chi connectivity index (χ4v) is 7.15. The molecule has 0 aromatic heterocycles. The highest BCUT2D eigenvalue weighted by atomic mass is 35.9. The maximum atomic E-state index is 12.0. The van der Waals surface area contributed by atoms with Crippen LogP contribution in [-0.2, 0) is 18.2 Å². The molecule has 0 aliphatic rings. The van der Waals surface area contributed by atoms with Crippen LogP contribution in [0.1, 0.15) is 71.1 Å². The molecule has 1 unspecified atom stereocenters. The first kappa shape index (κ1) is 24.9. The Kier molecular flexibility index (Phi) is 13.6. The molecule has 0 saturated carbocycles. The van der Waals surface area contributed by atoms with Crippen molar-refractivity contribution >= 4 is 52.5 Å². The van der Waals surface area contributed by atoms with Gasteiger partial charge in [0.05, 0.1) is 0 Å². The van der Waals surface area contributed by atoms with Gasteiger partial charge >= 0.3 is 12.9 Å². The van der Waals surface area contributed by atoms with Crippen LogP contribution in [0.3, 0.4) is 0 Å². The van der Waals surface area contributed by atoms with Gasteiger partial charge in [-0.1, -0.05) is 44.9 Å². The van der Waals surface area contributed by atoms with Gasteiger partial charge in [-0.3, -0.25) is 9.13 Å². The van der Waals surface area contributed by atoms with E-state index in [2.05, 4.69) is 4.31 Å². The minimum Gasteiger partial charge on any atom is -0.300 e. The smallest absolute Gasteiger partial charge is 0.300 e. The van der Waals surface area contributed by atoms with E-state index in [1.165, 1.54) is 31.0 Å². The van der Waals surface area contributed by atoms with E-state index >= 15 is 0 Å². The SMILES string of the molecule is CC(=O)CCCCCCCCCCCN(C)P(=O)(Cl)OP(=O)(Cl)Cl. The molecule has 0 aliphatic heterocycles. The third kappa shape index (κ3) is 15.2. The molecular formula is C14H28Cl3NO4P2. The molecule has 144 valence electrons. The maximum absolute atomic E-state index is 12.0. The van der Waals surface area contributed by atoms with Gasteiger partial charge in [0.15, 0.2) is 0 Å². The van der Waals surface area contributed by atoms with Crippen molar-refractivity contribution in [2.75, 3.05) is 13.6 Å². The lowest BCUT2D eigenvalue weighted by Crippen LogP contribution is -2.14. The molecule has 0 aromatic carbocycles. The van der Waals surface area contributed by atoms with E-state index in [-0.39, 0.29) is 5.78 Å². The number of nitrogens with zero attached hydrogens (tertiary/aromatic N) is 1. The van der Waals surface area contributed by atoms with Crippen molar-refractivity contribution in [1.29, 1.82) is 0 Å². The minimum absolute atomic E-state index is 0.270. The number of Topliss-reactive ketones (excluding diaryl/α,β-unsaturated/α-hetero) is 1. The van der Waals surface area contributed by atoms with E-state index < -0.39 is 12.9 Å². The van der Waals surface area contributed by atoms with E-state index in [1.54, 1.807) is 6.92 Å². The number of unbranched alkanes of at least 4 members (excludes halogenated alkanes) is 8. The number of hydrogen-bond acceptors (Lipinski definition) is 4. The monoisotopic (exact) mass is 441 g/mol. The first-order valence-electron chi connectivity index (χ1n) is 8.26. The van der Waals surface area contributed by atoms with Crippen LogP contribution in [0, 0.1) is 0 Å². The molecule has 0 aromatic rings. The molecule has 24 heavy (non-hydrogen) atoms. The van der Waals surface area contributed by atoms with Crippen molar-refractivity contribution in [3.63, 3.8) is 0 Å². The fourth-order valence-electron chi connectivity index (χ4n) is 2.25. The van der Waals surface area contributed by atoms with Gasteiger partial charge in [0.25, 0.3) is 0 Å². The lowest BCUT2D eigenvalue weighted by Gasteiger charge is -2.22. The second kappa shape index (κ2) is 13.1. The summed E-state index contributed by atoms with van der Waals surface area (Å²) in [4.78, 5) is 10.8. The Labute approximate surface area is 160 Å². The van der Waals surface area contributed by atoms with Crippen molar-refractivity contribution in [1.82, 2.24) is 4.67 Å². The van der Waals surface area contributed by atoms with Crippen LogP contribution >= 0.6 is 46.7 Å². The number of carbonyl (C=O) groups excluding carboxylic acids is 1. The molecule has 0 fully saturated rings. The Hall–Kier alpha value is 0.920. The van der Waals surface area contributed by atoms with E-state index in [1.807, 2.05) is 0 Å². The lowest BCUT2D eigenvalue weighted by atomic mass is 10.1. The van der Waals surface area contributed by atoms with Gasteiger partial charge in [-0.25, -0.2) is 8.98 Å². The van der Waals surface area contributed by atoms with Crippen molar-refractivity contribution < 1.29 is 18.2 Å². The fraction of sp³-hybridized carbons (Fsp3) is 0.929. The van der Waals surface area contributed by atoms with Crippen LogP contribution in [0.25, 0.3) is 0 Å². The summed E-state index contributed by atoms with van der Waals surface area (Å²) < 4.78 is 29.0. The van der Waals surface area contributed by atoms with Gasteiger partial charge < -0.3 is 4.79 Å². The molecule has 0 N–H and O–H groups in total. The predicted octanol–water partition coefficient (Wildman–Crippen LogP) is 7.36. The Morgan fingerprint density at radius 3 is 1.71 bits per heavy atom. The highest BCUT2D eigenvalue weighted by Crippen LogP contribution is 2.72. The van der Waals surface area contributed by atoms with Crippen LogP contribution < -0.4 is 0 Å². The highest BCUT2D eigenvalue weighted by Gasteiger charge is 2.34. The molecule has 10 heteroatoms. The lowest BCUT2D eigenvalue weighted by molar-refractivity contribution is -0.117. The first-order valence-corrected chi connectivity index (χ1v) is 14.2. The molecule has 5 nitrogen and oxygen atoms in total. The zero-order chi connectivity index (χ0) is 18.6. The summed E-state index contributed by atoms with van der Waals surface area (Å²) in [6.07, 6.45) is 6.52. The second-order valence-corrected chi connectivity index (χ2v) is 13.5. The normalized spacial score (nSPS) is 14.8. The van der Waals surface area contributed by atoms with Crippen molar-refractivity contribution in [3.8, 4) is 0 Å². The standard InChI is InChI=1S/C14H28Cl3NO4P2/c1-14(19)12-10-8-6-4-3-5-7-9-11-13-18(2)24(17,21)22-23(15,16)20/h3-13H2,1-2H3. The van der Waals surface area contributed by atoms with Crippen LogP contribution in [0.4, 0.5) is 0 Å². The van der Waals surface area contributed by atoms with Crippen LogP contribution in [0.5, 0.6) is 0 Å². The Bertz CT molecular complexity index is 459.